The molecule has 392 valence electrons. The molecule has 74 heavy (non-hydrogen) atoms. The van der Waals surface area contributed by atoms with Gasteiger partial charge in [-0.25, -0.2) is 15.0 Å². The highest BCUT2D eigenvalue weighted by Crippen LogP contribution is 2.42. The highest BCUT2D eigenvalue weighted by atomic mass is 16.6. The van der Waals surface area contributed by atoms with Crippen molar-refractivity contribution in [2.45, 2.75) is 82.6 Å². The molecule has 2 aromatic heterocycles. The maximum absolute atomic E-state index is 13.8. The lowest BCUT2D eigenvalue weighted by atomic mass is 9.84. The van der Waals surface area contributed by atoms with Crippen molar-refractivity contribution in [3.63, 3.8) is 0 Å². The number of anilines is 1. The van der Waals surface area contributed by atoms with Gasteiger partial charge in [-0.3, -0.25) is 14.4 Å². The first-order chi connectivity index (χ1) is 36.1. The van der Waals surface area contributed by atoms with Crippen molar-refractivity contribution in [3.8, 4) is 28.5 Å². The zero-order valence-electron chi connectivity index (χ0n) is 42.8. The van der Waals surface area contributed by atoms with Crippen molar-refractivity contribution in [1.82, 2.24) is 41.1 Å². The predicted molar refractivity (Wildman–Crippen MR) is 279 cm³/mol. The fourth-order valence-corrected chi connectivity index (χ4v) is 10.1. The van der Waals surface area contributed by atoms with Crippen LogP contribution >= 0.6 is 0 Å². The molecule has 5 aromatic rings. The monoisotopic (exact) mass is 1010 g/mol. The normalized spacial score (nSPS) is 19.7. The highest BCUT2D eigenvalue weighted by Gasteiger charge is 2.46. The van der Waals surface area contributed by atoms with E-state index in [1.54, 1.807) is 18.2 Å². The standard InChI is InChI=1S/C56H70N10O8/c1-38(61-53(67)43-18-16-42(17-19-43)41-11-5-4-6-12-41)48-33-52(63-39(2)62-48)66-49-15-8-7-13-44(49)31-50(66)54(68)58-20-22-70-24-26-72-28-29-73-27-25-71-23-21-65(3)37-47-32-46(35-59-47)64-55(69)56-60-36-51(74-56)45-14-9-10-40(30-45)34-57/h4-6,9-12,14,16-19,30,33,36,38,44,46-47,49-50,59H,7-8,13,15,20-29,31-32,35,37H2,1-3H3,(H,58,68)(H,61,67)(H,64,69)/t38-,44-,46+,47-,49-,50-/m0/s1. The van der Waals surface area contributed by atoms with E-state index in [1.807, 2.05) is 87.6 Å². The molecule has 3 fully saturated rings. The Morgan fingerprint density at radius 2 is 1.54 bits per heavy atom. The molecule has 1 aliphatic carbocycles. The summed E-state index contributed by atoms with van der Waals surface area (Å²) in [6.07, 6.45) is 7.41. The molecule has 4 heterocycles. The molecule has 0 spiro atoms. The maximum atomic E-state index is 13.8. The third-order valence-corrected chi connectivity index (χ3v) is 13.9. The van der Waals surface area contributed by atoms with Crippen molar-refractivity contribution < 1.29 is 37.7 Å². The molecular weight excluding hydrogens is 941 g/mol. The van der Waals surface area contributed by atoms with Crippen molar-refractivity contribution in [3.05, 3.63) is 120 Å². The van der Waals surface area contributed by atoms with Crippen molar-refractivity contribution in [2.75, 3.05) is 91.0 Å². The van der Waals surface area contributed by atoms with Crippen LogP contribution in [0.1, 0.15) is 89.6 Å². The van der Waals surface area contributed by atoms with Crippen LogP contribution in [0.25, 0.3) is 22.5 Å². The maximum Gasteiger partial charge on any atom is 0.307 e. The van der Waals surface area contributed by atoms with E-state index in [9.17, 15) is 19.6 Å². The highest BCUT2D eigenvalue weighted by molar-refractivity contribution is 5.95. The SMILES string of the molecule is Cc1nc([C@H](C)NC(=O)c2ccc(-c3ccccc3)cc2)cc(N2[C@H](C(=O)NCCOCCOCCOCCOCCN(C)C[C@@H]3C[C@@H](NC(=O)c4ncc(-c5cccc(C#N)c5)o4)CN3)C[C@@H]3CCCC[C@@H]32)n1. The van der Waals surface area contributed by atoms with Gasteiger partial charge in [0.15, 0.2) is 5.76 Å². The van der Waals surface area contributed by atoms with E-state index in [0.29, 0.717) is 106 Å². The topological polar surface area (TPSA) is 218 Å². The molecule has 18 heteroatoms. The molecule has 0 radical (unpaired) electrons. The number of rotatable bonds is 26. The first-order valence-electron chi connectivity index (χ1n) is 26.0. The molecule has 4 N–H and O–H groups in total. The van der Waals surface area contributed by atoms with E-state index in [1.165, 1.54) is 6.20 Å². The fourth-order valence-electron chi connectivity index (χ4n) is 10.1. The lowest BCUT2D eigenvalue weighted by molar-refractivity contribution is -0.122. The number of aromatic nitrogens is 3. The van der Waals surface area contributed by atoms with Crippen LogP contribution in [0.3, 0.4) is 0 Å². The Kier molecular flexibility index (Phi) is 19.7. The second kappa shape index (κ2) is 27.1. The van der Waals surface area contributed by atoms with Crippen LogP contribution in [0.4, 0.5) is 5.82 Å². The summed E-state index contributed by atoms with van der Waals surface area (Å²) < 4.78 is 28.6. The Morgan fingerprint density at radius 1 is 0.838 bits per heavy atom. The molecule has 6 atom stereocenters. The summed E-state index contributed by atoms with van der Waals surface area (Å²) in [4.78, 5) is 58.2. The van der Waals surface area contributed by atoms with Gasteiger partial charge in [0, 0.05) is 61.5 Å². The molecule has 0 unspecified atom stereocenters. The lowest BCUT2D eigenvalue weighted by Gasteiger charge is -2.35. The van der Waals surface area contributed by atoms with E-state index in [2.05, 4.69) is 42.1 Å². The van der Waals surface area contributed by atoms with Gasteiger partial charge in [0.05, 0.1) is 82.4 Å². The Labute approximate surface area is 433 Å². The molecule has 0 bridgehead atoms. The Hall–Kier alpha value is -6.59. The molecule has 1 saturated carbocycles. The summed E-state index contributed by atoms with van der Waals surface area (Å²) >= 11 is 0. The number of hydrogen-bond acceptors (Lipinski definition) is 15. The fraction of sp³-hybridized carbons (Fsp3) is 0.482. The van der Waals surface area contributed by atoms with Crippen LogP contribution in [-0.2, 0) is 23.7 Å². The summed E-state index contributed by atoms with van der Waals surface area (Å²) in [5.74, 6) is 1.56. The van der Waals surface area contributed by atoms with E-state index < -0.39 is 0 Å². The molecular formula is C56H70N10O8. The van der Waals surface area contributed by atoms with Gasteiger partial charge >= 0.3 is 5.91 Å². The summed E-state index contributed by atoms with van der Waals surface area (Å²) in [6, 6.07) is 28.3. The van der Waals surface area contributed by atoms with Crippen LogP contribution in [-0.4, -0.2) is 148 Å². The van der Waals surface area contributed by atoms with Gasteiger partial charge in [0.2, 0.25) is 5.91 Å². The molecule has 2 aliphatic heterocycles. The van der Waals surface area contributed by atoms with E-state index in [4.69, 9.17) is 33.3 Å². The minimum Gasteiger partial charge on any atom is -0.432 e. The minimum atomic E-state index is -0.383. The number of aryl methyl sites for hydroxylation is 1. The molecule has 18 nitrogen and oxygen atoms in total. The summed E-state index contributed by atoms with van der Waals surface area (Å²) in [5.41, 5.74) is 4.60. The number of ether oxygens (including phenoxy) is 4. The quantitative estimate of drug-likeness (QED) is 0.0476. The van der Waals surface area contributed by atoms with Gasteiger partial charge in [0.25, 0.3) is 11.8 Å². The molecule has 8 rings (SSSR count). The van der Waals surface area contributed by atoms with Gasteiger partial charge in [-0.15, -0.1) is 0 Å². The second-order valence-electron chi connectivity index (χ2n) is 19.3. The number of fused-ring (bicyclic) bond motifs is 1. The lowest BCUT2D eigenvalue weighted by Crippen LogP contribution is -2.48. The second-order valence-corrected chi connectivity index (χ2v) is 19.3. The predicted octanol–water partition coefficient (Wildman–Crippen LogP) is 5.88. The number of nitrogens with zero attached hydrogens (tertiary/aromatic N) is 6. The van der Waals surface area contributed by atoms with Gasteiger partial charge in [-0.05, 0) is 87.9 Å². The third kappa shape index (κ3) is 15.0. The summed E-state index contributed by atoms with van der Waals surface area (Å²) in [7, 11) is 2.05. The van der Waals surface area contributed by atoms with Crippen LogP contribution < -0.4 is 26.2 Å². The van der Waals surface area contributed by atoms with Crippen LogP contribution in [0.15, 0.2) is 95.5 Å². The zero-order chi connectivity index (χ0) is 51.7. The van der Waals surface area contributed by atoms with Crippen LogP contribution in [0.2, 0.25) is 0 Å². The Bertz CT molecular complexity index is 2640. The minimum absolute atomic E-state index is 0.00682. The average molecular weight is 1010 g/mol. The largest absolute Gasteiger partial charge is 0.432 e. The molecule has 3 amide bonds. The number of nitrogens with one attached hydrogen (secondary N) is 4. The van der Waals surface area contributed by atoms with Crippen LogP contribution in [0.5, 0.6) is 0 Å². The number of hydrogen-bond donors (Lipinski definition) is 4. The first kappa shape index (κ1) is 53.7. The van der Waals surface area contributed by atoms with E-state index in [-0.39, 0.29) is 53.8 Å². The summed E-state index contributed by atoms with van der Waals surface area (Å²) in [6.45, 7) is 9.98. The van der Waals surface area contributed by atoms with Crippen LogP contribution in [0, 0.1) is 24.2 Å². The van der Waals surface area contributed by atoms with E-state index >= 15 is 0 Å². The zero-order valence-corrected chi connectivity index (χ0v) is 42.8. The van der Waals surface area contributed by atoms with Crippen molar-refractivity contribution in [2.24, 2.45) is 5.92 Å². The number of nitriles is 1. The molecule has 2 saturated heterocycles. The van der Waals surface area contributed by atoms with Gasteiger partial charge < -0.3 is 54.4 Å². The number of amides is 3. The Morgan fingerprint density at radius 3 is 2.30 bits per heavy atom. The van der Waals surface area contributed by atoms with Gasteiger partial charge in [0.1, 0.15) is 17.7 Å². The number of benzene rings is 3. The number of carbonyl (C=O) groups excluding carboxylic acids is 3. The van der Waals surface area contributed by atoms with Crippen molar-refractivity contribution in [1.29, 1.82) is 5.26 Å². The smallest absolute Gasteiger partial charge is 0.307 e. The number of likely N-dealkylation sites (N-methyl/N-ethyl adjacent to an activating group) is 1. The summed E-state index contributed by atoms with van der Waals surface area (Å²) in [5, 5.41) is 21.9. The van der Waals surface area contributed by atoms with E-state index in [0.717, 1.165) is 68.6 Å². The third-order valence-electron chi connectivity index (χ3n) is 13.9. The van der Waals surface area contributed by atoms with Gasteiger partial charge in [-0.1, -0.05) is 67.4 Å². The van der Waals surface area contributed by atoms with Gasteiger partial charge in [-0.2, -0.15) is 5.26 Å². The molecule has 3 aliphatic rings. The molecule has 3 aromatic carbocycles. The number of carbonyl (C=O) groups is 3. The Balaban J connectivity index is 0.656. The first-order valence-corrected chi connectivity index (χ1v) is 26.0. The average Bonchev–Trinajstić information content (AvgIpc) is 4.19. The van der Waals surface area contributed by atoms with Crippen molar-refractivity contribution >= 4 is 23.5 Å². The number of oxazole rings is 1.